The van der Waals surface area contributed by atoms with Crippen molar-refractivity contribution in [1.82, 2.24) is 10.2 Å². The van der Waals surface area contributed by atoms with Gasteiger partial charge in [-0.1, -0.05) is 6.07 Å². The quantitative estimate of drug-likeness (QED) is 0.680. The zero-order valence-electron chi connectivity index (χ0n) is 6.44. The smallest absolute Gasteiger partial charge is 0.0929 e. The number of benzene rings is 1. The minimum atomic E-state index is 0.0677. The Labute approximate surface area is 69.7 Å². The molecule has 60 valence electrons. The molecule has 12 heavy (non-hydrogen) atoms. The van der Waals surface area contributed by atoms with Gasteiger partial charge in [0.1, 0.15) is 0 Å². The van der Waals surface area contributed by atoms with Crippen molar-refractivity contribution >= 4 is 10.9 Å². The normalized spacial score (nSPS) is 10.4. The summed E-state index contributed by atoms with van der Waals surface area (Å²) in [4.78, 5) is 0. The van der Waals surface area contributed by atoms with Crippen molar-refractivity contribution in [3.8, 4) is 0 Å². The number of aromatic nitrogens is 2. The number of aliphatic hydroxyl groups is 1. The Hall–Kier alpha value is -1.48. The maximum atomic E-state index is 8.86. The summed E-state index contributed by atoms with van der Waals surface area (Å²) in [6.45, 7) is 0.0677. The molecule has 3 heteroatoms. The Morgan fingerprint density at radius 1 is 1.25 bits per heavy atom. The van der Waals surface area contributed by atoms with Crippen molar-refractivity contribution in [2.45, 2.75) is 6.61 Å². The fourth-order valence-electron chi connectivity index (χ4n) is 1.14. The lowest BCUT2D eigenvalue weighted by Gasteiger charge is -1.97. The van der Waals surface area contributed by atoms with Crippen molar-refractivity contribution in [3.63, 3.8) is 0 Å². The van der Waals surface area contributed by atoms with Gasteiger partial charge in [0.15, 0.2) is 0 Å². The lowest BCUT2D eigenvalue weighted by molar-refractivity contribution is 0.282. The molecular formula is C9H8N2O. The van der Waals surface area contributed by atoms with Crippen molar-refractivity contribution in [2.75, 3.05) is 0 Å². The van der Waals surface area contributed by atoms with Gasteiger partial charge in [-0.05, 0) is 23.8 Å². The summed E-state index contributed by atoms with van der Waals surface area (Å²) in [7, 11) is 0. The fourth-order valence-corrected chi connectivity index (χ4v) is 1.14. The zero-order chi connectivity index (χ0) is 8.39. The first-order valence-electron chi connectivity index (χ1n) is 3.71. The van der Waals surface area contributed by atoms with Gasteiger partial charge >= 0.3 is 0 Å². The number of hydrogen-bond donors (Lipinski definition) is 1. The highest BCUT2D eigenvalue weighted by Gasteiger charge is 1.94. The maximum Gasteiger partial charge on any atom is 0.0929 e. The Balaban J connectivity index is 2.67. The van der Waals surface area contributed by atoms with Gasteiger partial charge in [0.05, 0.1) is 18.3 Å². The topological polar surface area (TPSA) is 46.0 Å². The molecule has 0 radical (unpaired) electrons. The van der Waals surface area contributed by atoms with Crippen LogP contribution >= 0.6 is 0 Å². The summed E-state index contributed by atoms with van der Waals surface area (Å²) in [6, 6.07) is 7.48. The molecular weight excluding hydrogens is 152 g/mol. The molecule has 0 saturated heterocycles. The van der Waals surface area contributed by atoms with Gasteiger partial charge in [0, 0.05) is 5.39 Å². The molecule has 2 aromatic rings. The van der Waals surface area contributed by atoms with Crippen LogP contribution in [0.3, 0.4) is 0 Å². The minimum Gasteiger partial charge on any atom is -0.392 e. The van der Waals surface area contributed by atoms with Gasteiger partial charge in [0.2, 0.25) is 0 Å². The number of hydrogen-bond acceptors (Lipinski definition) is 3. The molecule has 0 atom stereocenters. The third-order valence-electron chi connectivity index (χ3n) is 1.76. The average molecular weight is 160 g/mol. The van der Waals surface area contributed by atoms with Crippen LogP contribution in [-0.2, 0) is 6.61 Å². The Bertz CT molecular complexity index is 400. The van der Waals surface area contributed by atoms with Gasteiger partial charge in [-0.2, -0.15) is 10.2 Å². The van der Waals surface area contributed by atoms with E-state index in [0.717, 1.165) is 16.5 Å². The van der Waals surface area contributed by atoms with Crippen molar-refractivity contribution in [3.05, 3.63) is 36.0 Å². The Morgan fingerprint density at radius 2 is 2.17 bits per heavy atom. The molecule has 0 aliphatic carbocycles. The monoisotopic (exact) mass is 160 g/mol. The highest BCUT2D eigenvalue weighted by molar-refractivity contribution is 5.78. The summed E-state index contributed by atoms with van der Waals surface area (Å²) in [5.41, 5.74) is 1.75. The number of aliphatic hydroxyl groups excluding tert-OH is 1. The SMILES string of the molecule is OCc1ccc2nnccc2c1. The van der Waals surface area contributed by atoms with E-state index in [4.69, 9.17) is 5.11 Å². The lowest BCUT2D eigenvalue weighted by Crippen LogP contribution is -1.85. The van der Waals surface area contributed by atoms with Crippen LogP contribution in [-0.4, -0.2) is 15.3 Å². The number of rotatable bonds is 1. The van der Waals surface area contributed by atoms with E-state index in [0.29, 0.717) is 0 Å². The molecule has 0 fully saturated rings. The maximum absolute atomic E-state index is 8.86. The molecule has 0 spiro atoms. The second-order valence-corrected chi connectivity index (χ2v) is 2.58. The second-order valence-electron chi connectivity index (χ2n) is 2.58. The summed E-state index contributed by atoms with van der Waals surface area (Å²) in [5.74, 6) is 0. The summed E-state index contributed by atoms with van der Waals surface area (Å²) in [5, 5.41) is 17.6. The molecule has 0 aliphatic rings. The van der Waals surface area contributed by atoms with Crippen LogP contribution in [0.15, 0.2) is 30.5 Å². The molecule has 1 aromatic heterocycles. The van der Waals surface area contributed by atoms with Crippen LogP contribution in [0, 0.1) is 0 Å². The predicted molar refractivity (Wildman–Crippen MR) is 45.5 cm³/mol. The first kappa shape index (κ1) is 7.18. The largest absolute Gasteiger partial charge is 0.392 e. The van der Waals surface area contributed by atoms with Gasteiger partial charge in [-0.15, -0.1) is 0 Å². The average Bonchev–Trinajstić information content (AvgIpc) is 2.17. The summed E-state index contributed by atoms with van der Waals surface area (Å²) in [6.07, 6.45) is 1.64. The summed E-state index contributed by atoms with van der Waals surface area (Å²) >= 11 is 0. The van der Waals surface area contributed by atoms with Gasteiger partial charge in [0.25, 0.3) is 0 Å². The fraction of sp³-hybridized carbons (Fsp3) is 0.111. The van der Waals surface area contributed by atoms with Crippen molar-refractivity contribution in [1.29, 1.82) is 0 Å². The Morgan fingerprint density at radius 3 is 3.00 bits per heavy atom. The van der Waals surface area contributed by atoms with Crippen molar-refractivity contribution in [2.24, 2.45) is 0 Å². The highest BCUT2D eigenvalue weighted by atomic mass is 16.3. The molecule has 1 aromatic carbocycles. The molecule has 0 amide bonds. The standard InChI is InChI=1S/C9H8N2O/c12-6-7-1-2-9-8(5-7)3-4-10-11-9/h1-5,12H,6H2. The lowest BCUT2D eigenvalue weighted by atomic mass is 10.1. The van der Waals surface area contributed by atoms with E-state index in [1.807, 2.05) is 24.3 Å². The number of fused-ring (bicyclic) bond motifs is 1. The summed E-state index contributed by atoms with van der Waals surface area (Å²) < 4.78 is 0. The van der Waals surface area contributed by atoms with E-state index in [9.17, 15) is 0 Å². The van der Waals surface area contributed by atoms with Crippen LogP contribution in [0.5, 0.6) is 0 Å². The van der Waals surface area contributed by atoms with E-state index in [2.05, 4.69) is 10.2 Å². The highest BCUT2D eigenvalue weighted by Crippen LogP contribution is 2.11. The number of nitrogens with zero attached hydrogens (tertiary/aromatic N) is 2. The van der Waals surface area contributed by atoms with Gasteiger partial charge < -0.3 is 5.11 Å². The molecule has 3 nitrogen and oxygen atoms in total. The van der Waals surface area contributed by atoms with E-state index in [-0.39, 0.29) is 6.61 Å². The predicted octanol–water partition coefficient (Wildman–Crippen LogP) is 1.12. The van der Waals surface area contributed by atoms with Crippen LogP contribution in [0.25, 0.3) is 10.9 Å². The van der Waals surface area contributed by atoms with Gasteiger partial charge in [-0.25, -0.2) is 0 Å². The molecule has 0 aliphatic heterocycles. The van der Waals surface area contributed by atoms with Crippen molar-refractivity contribution < 1.29 is 5.11 Å². The van der Waals surface area contributed by atoms with Crippen LogP contribution < -0.4 is 0 Å². The van der Waals surface area contributed by atoms with E-state index in [1.165, 1.54) is 0 Å². The van der Waals surface area contributed by atoms with Crippen LogP contribution in [0.2, 0.25) is 0 Å². The molecule has 1 N–H and O–H groups in total. The second kappa shape index (κ2) is 2.87. The van der Waals surface area contributed by atoms with Crippen LogP contribution in [0.4, 0.5) is 0 Å². The molecule has 1 heterocycles. The third kappa shape index (κ3) is 1.14. The molecule has 0 unspecified atom stereocenters. The van der Waals surface area contributed by atoms with Crippen LogP contribution in [0.1, 0.15) is 5.56 Å². The first-order valence-corrected chi connectivity index (χ1v) is 3.71. The van der Waals surface area contributed by atoms with Gasteiger partial charge in [-0.3, -0.25) is 0 Å². The van der Waals surface area contributed by atoms with E-state index >= 15 is 0 Å². The minimum absolute atomic E-state index is 0.0677. The molecule has 0 bridgehead atoms. The Kier molecular flexibility index (Phi) is 1.72. The molecule has 0 saturated carbocycles. The third-order valence-corrected chi connectivity index (χ3v) is 1.76. The first-order chi connectivity index (χ1) is 5.90. The zero-order valence-corrected chi connectivity index (χ0v) is 6.44. The van der Waals surface area contributed by atoms with E-state index in [1.54, 1.807) is 6.20 Å². The van der Waals surface area contributed by atoms with E-state index < -0.39 is 0 Å². The molecule has 2 rings (SSSR count).